The second kappa shape index (κ2) is 4.58. The second-order valence-corrected chi connectivity index (χ2v) is 3.40. The first-order valence-corrected chi connectivity index (χ1v) is 4.56. The maximum atomic E-state index is 11.1. The van der Waals surface area contributed by atoms with E-state index >= 15 is 0 Å². The van der Waals surface area contributed by atoms with Crippen molar-refractivity contribution >= 4 is 5.97 Å². The number of nitrogens with one attached hydrogen (secondary N) is 1. The summed E-state index contributed by atoms with van der Waals surface area (Å²) >= 11 is 0. The van der Waals surface area contributed by atoms with Crippen LogP contribution in [-0.4, -0.2) is 38.9 Å². The molecule has 13 heavy (non-hydrogen) atoms. The van der Waals surface area contributed by atoms with Gasteiger partial charge in [-0.3, -0.25) is 4.79 Å². The molecule has 0 atom stereocenters. The van der Waals surface area contributed by atoms with Gasteiger partial charge >= 0.3 is 5.97 Å². The van der Waals surface area contributed by atoms with Gasteiger partial charge in [0.05, 0.1) is 13.5 Å². The van der Waals surface area contributed by atoms with E-state index in [4.69, 9.17) is 4.74 Å². The fraction of sp³-hybridized carbons (Fsp3) is 0.889. The predicted octanol–water partition coefficient (Wildman–Crippen LogP) is 0.318. The Balaban J connectivity index is 2.52. The normalized spacial score (nSPS) is 21.1. The lowest BCUT2D eigenvalue weighted by molar-refractivity contribution is -0.143. The molecule has 0 amide bonds. The zero-order valence-corrected chi connectivity index (χ0v) is 8.26. The van der Waals surface area contributed by atoms with Crippen LogP contribution in [0.1, 0.15) is 19.3 Å². The molecular weight excluding hydrogens is 170 g/mol. The van der Waals surface area contributed by atoms with Crippen molar-refractivity contribution in [2.45, 2.75) is 24.8 Å². The number of ether oxygens (including phenoxy) is 2. The van der Waals surface area contributed by atoms with Crippen LogP contribution in [0.5, 0.6) is 0 Å². The smallest absolute Gasteiger partial charge is 0.307 e. The summed E-state index contributed by atoms with van der Waals surface area (Å²) in [6, 6.07) is 0. The monoisotopic (exact) mass is 187 g/mol. The molecule has 0 aliphatic carbocycles. The van der Waals surface area contributed by atoms with Crippen molar-refractivity contribution < 1.29 is 14.3 Å². The fourth-order valence-electron chi connectivity index (χ4n) is 1.63. The summed E-state index contributed by atoms with van der Waals surface area (Å²) in [6.45, 7) is 1.44. The lowest BCUT2D eigenvalue weighted by Gasteiger charge is -2.35. The molecule has 4 heteroatoms. The summed E-state index contributed by atoms with van der Waals surface area (Å²) in [7, 11) is 3.30. The standard InChI is InChI=1S/C9H17NO3/c1-10-9(7-8(11)12-2)3-5-13-6-4-9/h10H,3-7H2,1-2H3. The van der Waals surface area contributed by atoms with E-state index in [1.54, 1.807) is 0 Å². The Morgan fingerprint density at radius 2 is 2.15 bits per heavy atom. The summed E-state index contributed by atoms with van der Waals surface area (Å²) in [5.41, 5.74) is -0.106. The van der Waals surface area contributed by atoms with Crippen molar-refractivity contribution in [2.75, 3.05) is 27.4 Å². The molecule has 0 aromatic rings. The van der Waals surface area contributed by atoms with Gasteiger partial charge in [0.15, 0.2) is 0 Å². The molecule has 1 aliphatic rings. The van der Waals surface area contributed by atoms with Crippen LogP contribution >= 0.6 is 0 Å². The average molecular weight is 187 g/mol. The van der Waals surface area contributed by atoms with Gasteiger partial charge in [0, 0.05) is 18.8 Å². The van der Waals surface area contributed by atoms with Crippen molar-refractivity contribution in [3.63, 3.8) is 0 Å². The highest BCUT2D eigenvalue weighted by atomic mass is 16.5. The molecule has 0 bridgehead atoms. The average Bonchev–Trinajstić information content (AvgIpc) is 2.19. The SMILES string of the molecule is CNC1(CC(=O)OC)CCOCC1. The molecule has 0 aromatic carbocycles. The number of hydrogen-bond acceptors (Lipinski definition) is 4. The van der Waals surface area contributed by atoms with Gasteiger partial charge in [0.25, 0.3) is 0 Å². The molecule has 1 aliphatic heterocycles. The van der Waals surface area contributed by atoms with Gasteiger partial charge < -0.3 is 14.8 Å². The molecule has 1 rings (SSSR count). The maximum Gasteiger partial charge on any atom is 0.307 e. The third-order valence-electron chi connectivity index (χ3n) is 2.69. The highest BCUT2D eigenvalue weighted by molar-refractivity contribution is 5.70. The highest BCUT2D eigenvalue weighted by Gasteiger charge is 2.33. The molecule has 0 radical (unpaired) electrons. The van der Waals surface area contributed by atoms with Crippen LogP contribution < -0.4 is 5.32 Å². The lowest BCUT2D eigenvalue weighted by atomic mass is 9.87. The van der Waals surface area contributed by atoms with E-state index in [1.165, 1.54) is 7.11 Å². The molecule has 1 N–H and O–H groups in total. The Labute approximate surface area is 78.6 Å². The number of hydrogen-bond donors (Lipinski definition) is 1. The molecule has 1 saturated heterocycles. The summed E-state index contributed by atoms with van der Waals surface area (Å²) in [5, 5.41) is 3.20. The van der Waals surface area contributed by atoms with Gasteiger partial charge in [-0.25, -0.2) is 0 Å². The second-order valence-electron chi connectivity index (χ2n) is 3.40. The zero-order valence-electron chi connectivity index (χ0n) is 8.26. The minimum atomic E-state index is -0.156. The predicted molar refractivity (Wildman–Crippen MR) is 48.5 cm³/mol. The van der Waals surface area contributed by atoms with Crippen molar-refractivity contribution in [3.05, 3.63) is 0 Å². The van der Waals surface area contributed by atoms with Crippen LogP contribution in [0.25, 0.3) is 0 Å². The number of esters is 1. The molecular formula is C9H17NO3. The van der Waals surface area contributed by atoms with Crippen molar-refractivity contribution in [1.29, 1.82) is 0 Å². The molecule has 0 unspecified atom stereocenters. The molecule has 0 spiro atoms. The Morgan fingerprint density at radius 1 is 1.54 bits per heavy atom. The van der Waals surface area contributed by atoms with E-state index in [9.17, 15) is 4.79 Å². The highest BCUT2D eigenvalue weighted by Crippen LogP contribution is 2.24. The van der Waals surface area contributed by atoms with Crippen LogP contribution in [0.3, 0.4) is 0 Å². The maximum absolute atomic E-state index is 11.1. The van der Waals surface area contributed by atoms with Crippen LogP contribution in [0, 0.1) is 0 Å². The number of carbonyl (C=O) groups is 1. The number of rotatable bonds is 3. The number of methoxy groups -OCH3 is 1. The molecule has 76 valence electrons. The van der Waals surface area contributed by atoms with Gasteiger partial charge in [-0.15, -0.1) is 0 Å². The first-order chi connectivity index (χ1) is 6.22. The van der Waals surface area contributed by atoms with Gasteiger partial charge in [-0.2, -0.15) is 0 Å². The Hall–Kier alpha value is -0.610. The Morgan fingerprint density at radius 3 is 2.62 bits per heavy atom. The van der Waals surface area contributed by atoms with Crippen molar-refractivity contribution in [2.24, 2.45) is 0 Å². The van der Waals surface area contributed by atoms with Crippen molar-refractivity contribution in [1.82, 2.24) is 5.32 Å². The minimum absolute atomic E-state index is 0.106. The van der Waals surface area contributed by atoms with Gasteiger partial charge in [-0.05, 0) is 19.9 Å². The van der Waals surface area contributed by atoms with Gasteiger partial charge in [-0.1, -0.05) is 0 Å². The first kappa shape index (κ1) is 10.5. The summed E-state index contributed by atoms with van der Waals surface area (Å²) in [5.74, 6) is -0.156. The largest absolute Gasteiger partial charge is 0.469 e. The van der Waals surface area contributed by atoms with E-state index in [0.717, 1.165) is 26.1 Å². The van der Waals surface area contributed by atoms with E-state index in [0.29, 0.717) is 6.42 Å². The zero-order chi connectivity index (χ0) is 9.73. The quantitative estimate of drug-likeness (QED) is 0.646. The third kappa shape index (κ3) is 2.67. The Kier molecular flexibility index (Phi) is 3.69. The molecule has 4 nitrogen and oxygen atoms in total. The van der Waals surface area contributed by atoms with E-state index in [2.05, 4.69) is 10.1 Å². The molecule has 1 fully saturated rings. The molecule has 0 aromatic heterocycles. The van der Waals surface area contributed by atoms with Crippen LogP contribution in [0.2, 0.25) is 0 Å². The van der Waals surface area contributed by atoms with Gasteiger partial charge in [0.1, 0.15) is 0 Å². The minimum Gasteiger partial charge on any atom is -0.469 e. The summed E-state index contributed by atoms with van der Waals surface area (Å²) < 4.78 is 9.91. The van der Waals surface area contributed by atoms with Crippen molar-refractivity contribution in [3.8, 4) is 0 Å². The van der Waals surface area contributed by atoms with Crippen LogP contribution in [0.4, 0.5) is 0 Å². The summed E-state index contributed by atoms with van der Waals surface area (Å²) in [4.78, 5) is 11.1. The van der Waals surface area contributed by atoms with E-state index < -0.39 is 0 Å². The van der Waals surface area contributed by atoms with E-state index in [1.807, 2.05) is 7.05 Å². The topological polar surface area (TPSA) is 47.6 Å². The third-order valence-corrected chi connectivity index (χ3v) is 2.69. The lowest BCUT2D eigenvalue weighted by Crippen LogP contribution is -2.49. The molecule has 0 saturated carbocycles. The number of carbonyl (C=O) groups excluding carboxylic acids is 1. The fourth-order valence-corrected chi connectivity index (χ4v) is 1.63. The Bertz CT molecular complexity index is 176. The van der Waals surface area contributed by atoms with Crippen LogP contribution in [-0.2, 0) is 14.3 Å². The molecule has 1 heterocycles. The van der Waals surface area contributed by atoms with Crippen LogP contribution in [0.15, 0.2) is 0 Å². The first-order valence-electron chi connectivity index (χ1n) is 4.56. The summed E-state index contributed by atoms with van der Waals surface area (Å²) in [6.07, 6.45) is 2.18. The van der Waals surface area contributed by atoms with E-state index in [-0.39, 0.29) is 11.5 Å². The van der Waals surface area contributed by atoms with Gasteiger partial charge in [0.2, 0.25) is 0 Å².